The lowest BCUT2D eigenvalue weighted by molar-refractivity contribution is 0.156. The molecular weight excluding hydrogens is 236 g/mol. The molecule has 2 heteroatoms. The van der Waals surface area contributed by atoms with Crippen LogP contribution in [0.4, 0.5) is 0 Å². The Labute approximate surface area is 113 Å². The summed E-state index contributed by atoms with van der Waals surface area (Å²) in [6.45, 7) is 0.585. The maximum absolute atomic E-state index is 9.92. The topological polar surface area (TPSA) is 29.5 Å². The summed E-state index contributed by atoms with van der Waals surface area (Å²) in [5.41, 5.74) is 3.46. The van der Waals surface area contributed by atoms with Gasteiger partial charge in [0.1, 0.15) is 12.4 Å². The third kappa shape index (κ3) is 2.79. The molecule has 1 aliphatic rings. The molecule has 1 N–H and O–H groups in total. The molecule has 1 unspecified atom stereocenters. The summed E-state index contributed by atoms with van der Waals surface area (Å²) in [6.07, 6.45) is 2.66. The summed E-state index contributed by atoms with van der Waals surface area (Å²) in [4.78, 5) is 0. The highest BCUT2D eigenvalue weighted by molar-refractivity contribution is 5.38. The fourth-order valence-corrected chi connectivity index (χ4v) is 2.60. The molecule has 0 radical (unpaired) electrons. The van der Waals surface area contributed by atoms with Crippen molar-refractivity contribution in [1.29, 1.82) is 0 Å². The number of rotatable bonds is 3. The van der Waals surface area contributed by atoms with Gasteiger partial charge in [-0.25, -0.2) is 0 Å². The van der Waals surface area contributed by atoms with Crippen LogP contribution in [0.5, 0.6) is 5.75 Å². The van der Waals surface area contributed by atoms with Crippen LogP contribution >= 0.6 is 0 Å². The fourth-order valence-electron chi connectivity index (χ4n) is 2.60. The van der Waals surface area contributed by atoms with Gasteiger partial charge in [-0.3, -0.25) is 0 Å². The fraction of sp³-hybridized carbons (Fsp3) is 0.294. The molecule has 98 valence electrons. The van der Waals surface area contributed by atoms with E-state index in [4.69, 9.17) is 4.74 Å². The highest BCUT2D eigenvalue weighted by Gasteiger charge is 2.17. The van der Waals surface area contributed by atoms with Crippen LogP contribution in [0.3, 0.4) is 0 Å². The van der Waals surface area contributed by atoms with E-state index in [0.29, 0.717) is 6.61 Å². The Balaban J connectivity index is 1.72. The average Bonchev–Trinajstić information content (AvgIpc) is 2.46. The number of fused-ring (bicyclic) bond motifs is 1. The Hall–Kier alpha value is -1.80. The molecule has 0 aromatic heterocycles. The molecule has 0 spiro atoms. The smallest absolute Gasteiger partial charge is 0.120 e. The Morgan fingerprint density at radius 3 is 2.79 bits per heavy atom. The maximum atomic E-state index is 9.92. The summed E-state index contributed by atoms with van der Waals surface area (Å²) in [5, 5.41) is 9.92. The van der Waals surface area contributed by atoms with Gasteiger partial charge in [-0.1, -0.05) is 36.4 Å². The lowest BCUT2D eigenvalue weighted by Crippen LogP contribution is -2.09. The highest BCUT2D eigenvalue weighted by atomic mass is 16.5. The van der Waals surface area contributed by atoms with Crippen LogP contribution in [0.1, 0.15) is 35.6 Å². The van der Waals surface area contributed by atoms with Gasteiger partial charge in [-0.2, -0.15) is 0 Å². The van der Waals surface area contributed by atoms with E-state index < -0.39 is 0 Å². The van der Waals surface area contributed by atoms with E-state index in [-0.39, 0.29) is 6.10 Å². The minimum atomic E-state index is -0.299. The molecule has 0 heterocycles. The van der Waals surface area contributed by atoms with Crippen molar-refractivity contribution in [2.24, 2.45) is 0 Å². The standard InChI is InChI=1S/C17H18O2/c18-17-8-4-7-14-11-15(9-10-16(14)17)19-12-13-5-2-1-3-6-13/h1-3,5-6,9-11,17-18H,4,7-8,12H2. The van der Waals surface area contributed by atoms with Crippen molar-refractivity contribution in [2.45, 2.75) is 32.0 Å². The van der Waals surface area contributed by atoms with Gasteiger partial charge in [0.15, 0.2) is 0 Å². The molecule has 19 heavy (non-hydrogen) atoms. The first kappa shape index (κ1) is 12.2. The van der Waals surface area contributed by atoms with Gasteiger partial charge < -0.3 is 9.84 Å². The zero-order chi connectivity index (χ0) is 13.1. The van der Waals surface area contributed by atoms with E-state index in [9.17, 15) is 5.11 Å². The van der Waals surface area contributed by atoms with Crippen molar-refractivity contribution in [2.75, 3.05) is 0 Å². The third-order valence-electron chi connectivity index (χ3n) is 3.65. The Morgan fingerprint density at radius 2 is 1.95 bits per heavy atom. The Bertz CT molecular complexity index is 548. The lowest BCUT2D eigenvalue weighted by atomic mass is 9.89. The highest BCUT2D eigenvalue weighted by Crippen LogP contribution is 2.32. The Morgan fingerprint density at radius 1 is 1.11 bits per heavy atom. The van der Waals surface area contributed by atoms with Crippen LogP contribution < -0.4 is 4.74 Å². The van der Waals surface area contributed by atoms with Crippen molar-refractivity contribution >= 4 is 0 Å². The van der Waals surface area contributed by atoms with Gasteiger partial charge in [-0.15, -0.1) is 0 Å². The van der Waals surface area contributed by atoms with Gasteiger partial charge in [0.25, 0.3) is 0 Å². The predicted molar refractivity (Wildman–Crippen MR) is 75.1 cm³/mol. The van der Waals surface area contributed by atoms with E-state index in [2.05, 4.69) is 18.2 Å². The number of ether oxygens (including phenoxy) is 1. The number of aliphatic hydroxyl groups excluding tert-OH is 1. The first-order valence-corrected chi connectivity index (χ1v) is 6.80. The summed E-state index contributed by atoms with van der Waals surface area (Å²) in [5.74, 6) is 0.886. The van der Waals surface area contributed by atoms with Crippen molar-refractivity contribution in [1.82, 2.24) is 0 Å². The molecule has 2 nitrogen and oxygen atoms in total. The van der Waals surface area contributed by atoms with Gasteiger partial charge in [0.2, 0.25) is 0 Å². The van der Waals surface area contributed by atoms with Crippen LogP contribution in [0.2, 0.25) is 0 Å². The molecular formula is C17H18O2. The SMILES string of the molecule is OC1CCCc2cc(OCc3ccccc3)ccc21. The number of aliphatic hydroxyl groups is 1. The second kappa shape index (κ2) is 5.45. The molecule has 3 rings (SSSR count). The molecule has 0 fully saturated rings. The summed E-state index contributed by atoms with van der Waals surface area (Å²) >= 11 is 0. The van der Waals surface area contributed by atoms with Crippen molar-refractivity contribution in [3.05, 3.63) is 65.2 Å². The lowest BCUT2D eigenvalue weighted by Gasteiger charge is -2.21. The molecule has 0 saturated heterocycles. The molecule has 0 aliphatic heterocycles. The van der Waals surface area contributed by atoms with E-state index >= 15 is 0 Å². The number of benzene rings is 2. The molecule has 0 saturated carbocycles. The van der Waals surface area contributed by atoms with Crippen LogP contribution in [0.25, 0.3) is 0 Å². The van der Waals surface area contributed by atoms with E-state index in [0.717, 1.165) is 30.6 Å². The molecule has 2 aromatic rings. The second-order valence-electron chi connectivity index (χ2n) is 5.04. The molecule has 1 atom stereocenters. The van der Waals surface area contributed by atoms with Crippen LogP contribution in [-0.2, 0) is 13.0 Å². The van der Waals surface area contributed by atoms with Gasteiger partial charge in [0, 0.05) is 0 Å². The van der Waals surface area contributed by atoms with Crippen molar-refractivity contribution < 1.29 is 9.84 Å². The van der Waals surface area contributed by atoms with Gasteiger partial charge >= 0.3 is 0 Å². The minimum absolute atomic E-state index is 0.299. The average molecular weight is 254 g/mol. The summed E-state index contributed by atoms with van der Waals surface area (Å²) in [7, 11) is 0. The normalized spacial score (nSPS) is 17.8. The minimum Gasteiger partial charge on any atom is -0.489 e. The van der Waals surface area contributed by atoms with Crippen LogP contribution in [0, 0.1) is 0 Å². The third-order valence-corrected chi connectivity index (χ3v) is 3.65. The molecule has 0 amide bonds. The van der Waals surface area contributed by atoms with E-state index in [1.54, 1.807) is 0 Å². The summed E-state index contributed by atoms with van der Waals surface area (Å²) < 4.78 is 5.81. The van der Waals surface area contributed by atoms with Crippen LogP contribution in [-0.4, -0.2) is 5.11 Å². The first-order chi connectivity index (χ1) is 9.33. The second-order valence-corrected chi connectivity index (χ2v) is 5.04. The van der Waals surface area contributed by atoms with Gasteiger partial charge in [0.05, 0.1) is 6.10 Å². The van der Waals surface area contributed by atoms with E-state index in [1.807, 2.05) is 30.3 Å². The number of hydrogen-bond donors (Lipinski definition) is 1. The zero-order valence-electron chi connectivity index (χ0n) is 10.9. The van der Waals surface area contributed by atoms with Crippen LogP contribution in [0.15, 0.2) is 48.5 Å². The largest absolute Gasteiger partial charge is 0.489 e. The predicted octanol–water partition coefficient (Wildman–Crippen LogP) is 3.64. The number of aryl methyl sites for hydroxylation is 1. The Kier molecular flexibility index (Phi) is 3.51. The first-order valence-electron chi connectivity index (χ1n) is 6.80. The monoisotopic (exact) mass is 254 g/mol. The molecule has 1 aliphatic carbocycles. The van der Waals surface area contributed by atoms with E-state index in [1.165, 1.54) is 11.1 Å². The van der Waals surface area contributed by atoms with Gasteiger partial charge in [-0.05, 0) is 48.1 Å². The number of hydrogen-bond acceptors (Lipinski definition) is 2. The quantitative estimate of drug-likeness (QED) is 0.906. The molecule has 0 bridgehead atoms. The summed E-state index contributed by atoms with van der Waals surface area (Å²) in [6, 6.07) is 16.2. The maximum Gasteiger partial charge on any atom is 0.120 e. The van der Waals surface area contributed by atoms with Crippen molar-refractivity contribution in [3.8, 4) is 5.75 Å². The van der Waals surface area contributed by atoms with Crippen molar-refractivity contribution in [3.63, 3.8) is 0 Å². The molecule has 2 aromatic carbocycles. The zero-order valence-corrected chi connectivity index (χ0v) is 10.9.